The molecule has 3 nitrogen and oxygen atoms in total. The van der Waals surface area contributed by atoms with Crippen molar-refractivity contribution in [2.45, 2.75) is 31.6 Å². The average Bonchev–Trinajstić information content (AvgIpc) is 2.89. The molecule has 0 aliphatic heterocycles. The van der Waals surface area contributed by atoms with E-state index in [9.17, 15) is 4.21 Å². The smallest absolute Gasteiger partial charge is 0.126 e. The molecule has 0 fully saturated rings. The first-order valence-corrected chi connectivity index (χ1v) is 7.40. The Balaban J connectivity index is 2.29. The SMILES string of the molecule is CC(C)(C)[S@@](=O)N[C@H](c1ccccc1)c1ccco1. The Morgan fingerprint density at radius 1 is 1.11 bits per heavy atom. The maximum atomic E-state index is 12.3. The van der Waals surface area contributed by atoms with Gasteiger partial charge in [-0.25, -0.2) is 8.93 Å². The van der Waals surface area contributed by atoms with E-state index in [-0.39, 0.29) is 10.8 Å². The third kappa shape index (κ3) is 3.55. The van der Waals surface area contributed by atoms with E-state index in [0.29, 0.717) is 0 Å². The predicted octanol–water partition coefficient (Wildman–Crippen LogP) is 3.42. The zero-order valence-electron chi connectivity index (χ0n) is 11.4. The molecule has 0 radical (unpaired) electrons. The summed E-state index contributed by atoms with van der Waals surface area (Å²) in [6.07, 6.45) is 1.63. The molecular weight excluding hydrogens is 258 g/mol. The minimum absolute atomic E-state index is 0.198. The normalized spacial score (nSPS) is 15.1. The average molecular weight is 277 g/mol. The van der Waals surface area contributed by atoms with Gasteiger partial charge in [0.05, 0.1) is 22.0 Å². The van der Waals surface area contributed by atoms with Gasteiger partial charge >= 0.3 is 0 Å². The van der Waals surface area contributed by atoms with E-state index in [1.165, 1.54) is 0 Å². The van der Waals surface area contributed by atoms with Crippen LogP contribution in [0.2, 0.25) is 0 Å². The summed E-state index contributed by atoms with van der Waals surface area (Å²) in [4.78, 5) is 0. The van der Waals surface area contributed by atoms with Gasteiger partial charge in [0, 0.05) is 0 Å². The fourth-order valence-electron chi connectivity index (χ4n) is 1.68. The first-order valence-electron chi connectivity index (χ1n) is 6.25. The molecule has 0 amide bonds. The van der Waals surface area contributed by atoms with E-state index in [2.05, 4.69) is 4.72 Å². The van der Waals surface area contributed by atoms with Crippen molar-refractivity contribution < 1.29 is 8.63 Å². The lowest BCUT2D eigenvalue weighted by molar-refractivity contribution is 0.476. The summed E-state index contributed by atoms with van der Waals surface area (Å²) < 4.78 is 20.6. The Morgan fingerprint density at radius 3 is 2.32 bits per heavy atom. The zero-order valence-corrected chi connectivity index (χ0v) is 12.2. The molecule has 1 N–H and O–H groups in total. The van der Waals surface area contributed by atoms with Gasteiger partial charge in [-0.2, -0.15) is 0 Å². The van der Waals surface area contributed by atoms with Gasteiger partial charge in [0.1, 0.15) is 11.8 Å². The largest absolute Gasteiger partial charge is 0.467 e. The minimum atomic E-state index is -1.16. The zero-order chi connectivity index (χ0) is 13.9. The lowest BCUT2D eigenvalue weighted by Crippen LogP contribution is -2.36. The Hall–Kier alpha value is -1.39. The second kappa shape index (κ2) is 5.72. The molecule has 0 bridgehead atoms. The molecule has 2 atom stereocenters. The number of hydrogen-bond donors (Lipinski definition) is 1. The highest BCUT2D eigenvalue weighted by molar-refractivity contribution is 7.84. The van der Waals surface area contributed by atoms with Gasteiger partial charge in [0.25, 0.3) is 0 Å². The van der Waals surface area contributed by atoms with Gasteiger partial charge in [-0.1, -0.05) is 30.3 Å². The third-order valence-corrected chi connectivity index (χ3v) is 4.30. The van der Waals surface area contributed by atoms with Gasteiger partial charge in [-0.15, -0.1) is 0 Å². The molecule has 0 saturated carbocycles. The fourth-order valence-corrected chi connectivity index (χ4v) is 2.50. The first kappa shape index (κ1) is 14.0. The third-order valence-electron chi connectivity index (χ3n) is 2.74. The van der Waals surface area contributed by atoms with Crippen molar-refractivity contribution in [2.24, 2.45) is 0 Å². The van der Waals surface area contributed by atoms with Crippen molar-refractivity contribution >= 4 is 11.0 Å². The molecule has 1 aromatic carbocycles. The molecule has 0 spiro atoms. The van der Waals surface area contributed by atoms with E-state index in [4.69, 9.17) is 4.42 Å². The Bertz CT molecular complexity index is 529. The van der Waals surface area contributed by atoms with Gasteiger partial charge in [0.15, 0.2) is 0 Å². The van der Waals surface area contributed by atoms with Crippen molar-refractivity contribution in [1.29, 1.82) is 0 Å². The van der Waals surface area contributed by atoms with Crippen molar-refractivity contribution in [3.8, 4) is 0 Å². The van der Waals surface area contributed by atoms with Crippen LogP contribution < -0.4 is 4.72 Å². The van der Waals surface area contributed by atoms with Crippen LogP contribution in [0.1, 0.15) is 38.1 Å². The molecular formula is C15H19NO2S. The fraction of sp³-hybridized carbons (Fsp3) is 0.333. The molecule has 2 aromatic rings. The molecule has 102 valence electrons. The van der Waals surface area contributed by atoms with Crippen LogP contribution >= 0.6 is 0 Å². The quantitative estimate of drug-likeness (QED) is 0.930. The second-order valence-electron chi connectivity index (χ2n) is 5.36. The first-order chi connectivity index (χ1) is 8.98. The summed E-state index contributed by atoms with van der Waals surface area (Å²) >= 11 is 0. The Labute approximate surface area is 116 Å². The topological polar surface area (TPSA) is 42.2 Å². The van der Waals surface area contributed by atoms with E-state index in [1.807, 2.05) is 63.2 Å². The maximum absolute atomic E-state index is 12.3. The number of benzene rings is 1. The minimum Gasteiger partial charge on any atom is -0.467 e. The summed E-state index contributed by atoms with van der Waals surface area (Å²) in [6.45, 7) is 5.83. The van der Waals surface area contributed by atoms with Crippen LogP contribution in [0.15, 0.2) is 53.1 Å². The monoisotopic (exact) mass is 277 g/mol. The van der Waals surface area contributed by atoms with E-state index in [0.717, 1.165) is 11.3 Å². The molecule has 0 aliphatic rings. The van der Waals surface area contributed by atoms with Crippen molar-refractivity contribution in [2.75, 3.05) is 0 Å². The van der Waals surface area contributed by atoms with E-state index < -0.39 is 11.0 Å². The predicted molar refractivity (Wildman–Crippen MR) is 78.0 cm³/mol. The number of furan rings is 1. The van der Waals surface area contributed by atoms with Crippen molar-refractivity contribution in [1.82, 2.24) is 4.72 Å². The van der Waals surface area contributed by atoms with Crippen LogP contribution in [-0.2, 0) is 11.0 Å². The number of hydrogen-bond acceptors (Lipinski definition) is 2. The summed E-state index contributed by atoms with van der Waals surface area (Å²) in [5.74, 6) is 0.767. The Kier molecular flexibility index (Phi) is 4.22. The van der Waals surface area contributed by atoms with Crippen LogP contribution in [-0.4, -0.2) is 8.96 Å². The molecule has 0 unspecified atom stereocenters. The number of rotatable bonds is 4. The molecule has 1 heterocycles. The van der Waals surface area contributed by atoms with Gasteiger partial charge in [0.2, 0.25) is 0 Å². The molecule has 1 aromatic heterocycles. The van der Waals surface area contributed by atoms with Crippen LogP contribution in [0.25, 0.3) is 0 Å². The summed E-state index contributed by atoms with van der Waals surface area (Å²) in [7, 11) is -1.16. The summed E-state index contributed by atoms with van der Waals surface area (Å²) in [5, 5.41) is 0. The Morgan fingerprint density at radius 2 is 1.79 bits per heavy atom. The second-order valence-corrected chi connectivity index (χ2v) is 7.36. The standard InChI is InChI=1S/C15H19NO2S/c1-15(2,3)19(17)16-14(13-10-7-11-18-13)12-8-5-4-6-9-12/h4-11,14,16H,1-3H3/t14-,19-/m1/s1. The van der Waals surface area contributed by atoms with Crippen LogP contribution in [0.5, 0.6) is 0 Å². The van der Waals surface area contributed by atoms with Gasteiger partial charge in [-0.05, 0) is 38.5 Å². The maximum Gasteiger partial charge on any atom is 0.126 e. The highest BCUT2D eigenvalue weighted by Gasteiger charge is 2.25. The highest BCUT2D eigenvalue weighted by atomic mass is 32.2. The summed E-state index contributed by atoms with van der Waals surface area (Å²) in [5.41, 5.74) is 1.04. The van der Waals surface area contributed by atoms with Crippen LogP contribution in [0, 0.1) is 0 Å². The van der Waals surface area contributed by atoms with Crippen molar-refractivity contribution in [3.05, 3.63) is 60.1 Å². The molecule has 0 aliphatic carbocycles. The lowest BCUT2D eigenvalue weighted by atomic mass is 10.1. The molecule has 2 rings (SSSR count). The van der Waals surface area contributed by atoms with Crippen LogP contribution in [0.4, 0.5) is 0 Å². The van der Waals surface area contributed by atoms with Gasteiger partial charge in [-0.3, -0.25) is 0 Å². The number of nitrogens with one attached hydrogen (secondary N) is 1. The lowest BCUT2D eigenvalue weighted by Gasteiger charge is -2.23. The van der Waals surface area contributed by atoms with Gasteiger partial charge < -0.3 is 4.42 Å². The van der Waals surface area contributed by atoms with Crippen LogP contribution in [0.3, 0.4) is 0 Å². The molecule has 4 heteroatoms. The summed E-state index contributed by atoms with van der Waals surface area (Å²) in [6, 6.07) is 13.4. The van der Waals surface area contributed by atoms with E-state index >= 15 is 0 Å². The highest BCUT2D eigenvalue weighted by Crippen LogP contribution is 2.24. The molecule has 0 saturated heterocycles. The van der Waals surface area contributed by atoms with Crippen molar-refractivity contribution in [3.63, 3.8) is 0 Å². The molecule has 19 heavy (non-hydrogen) atoms. The van der Waals surface area contributed by atoms with E-state index in [1.54, 1.807) is 6.26 Å².